The first-order valence-corrected chi connectivity index (χ1v) is 8.85. The molecule has 1 atom stereocenters. The second-order valence-electron chi connectivity index (χ2n) is 6.22. The number of halogens is 1. The molecule has 0 saturated heterocycles. The third kappa shape index (κ3) is 4.62. The predicted octanol–water partition coefficient (Wildman–Crippen LogP) is 2.28. The van der Waals surface area contributed by atoms with Gasteiger partial charge in [-0.05, 0) is 37.6 Å². The lowest BCUT2D eigenvalue weighted by Gasteiger charge is -2.10. The molecule has 0 amide bonds. The monoisotopic (exact) mass is 387 g/mol. The van der Waals surface area contributed by atoms with Crippen molar-refractivity contribution in [1.29, 1.82) is 0 Å². The number of hydrogen-bond acceptors (Lipinski definition) is 7. The van der Waals surface area contributed by atoms with E-state index in [0.717, 1.165) is 5.56 Å². The second-order valence-corrected chi connectivity index (χ2v) is 6.22. The summed E-state index contributed by atoms with van der Waals surface area (Å²) in [4.78, 5) is 8.73. The van der Waals surface area contributed by atoms with Crippen LogP contribution in [0.25, 0.3) is 11.3 Å². The van der Waals surface area contributed by atoms with Crippen molar-refractivity contribution in [3.63, 3.8) is 0 Å². The Morgan fingerprint density at radius 1 is 1.32 bits per heavy atom. The Hall–Kier alpha value is -3.04. The summed E-state index contributed by atoms with van der Waals surface area (Å²) in [7, 11) is 0. The number of aliphatic hydroxyl groups excluding tert-OH is 2. The molecule has 8 nitrogen and oxygen atoms in total. The number of benzene rings is 1. The second kappa shape index (κ2) is 8.77. The maximum absolute atomic E-state index is 14.2. The van der Waals surface area contributed by atoms with Gasteiger partial charge < -0.3 is 20.3 Å². The molecule has 3 rings (SSSR count). The van der Waals surface area contributed by atoms with Crippen molar-refractivity contribution in [2.24, 2.45) is 0 Å². The molecule has 0 fully saturated rings. The molecule has 0 radical (unpaired) electrons. The van der Waals surface area contributed by atoms with Crippen molar-refractivity contribution in [2.45, 2.75) is 26.5 Å². The molecule has 2 aromatic heterocycles. The molecule has 9 heteroatoms. The summed E-state index contributed by atoms with van der Waals surface area (Å²) in [5.41, 5.74) is 2.64. The van der Waals surface area contributed by atoms with E-state index in [1.165, 1.54) is 10.7 Å². The van der Waals surface area contributed by atoms with Gasteiger partial charge in [-0.15, -0.1) is 0 Å². The fourth-order valence-electron chi connectivity index (χ4n) is 2.65. The number of aryl methyl sites for hydroxylation is 1. The smallest absolute Gasteiger partial charge is 0.227 e. The average molecular weight is 387 g/mol. The number of nitrogens with one attached hydrogen (secondary N) is 1. The van der Waals surface area contributed by atoms with E-state index in [1.807, 2.05) is 6.92 Å². The van der Waals surface area contributed by atoms with Gasteiger partial charge in [-0.2, -0.15) is 5.10 Å². The summed E-state index contributed by atoms with van der Waals surface area (Å²) >= 11 is 0. The molecular weight excluding hydrogens is 365 g/mol. The number of rotatable bonds is 8. The Balaban J connectivity index is 1.81. The molecule has 0 unspecified atom stereocenters. The maximum atomic E-state index is 14.2. The Bertz CT molecular complexity index is 947. The molecule has 0 spiro atoms. The lowest BCUT2D eigenvalue weighted by Crippen LogP contribution is -2.19. The van der Waals surface area contributed by atoms with Crippen LogP contribution in [-0.2, 0) is 6.54 Å². The molecule has 0 bridgehead atoms. The fraction of sp³-hybridized carbons (Fsp3) is 0.316. The molecule has 0 aliphatic carbocycles. The van der Waals surface area contributed by atoms with Gasteiger partial charge >= 0.3 is 0 Å². The number of hydrogen-bond donors (Lipinski definition) is 3. The minimum Gasteiger partial charge on any atom is -0.491 e. The van der Waals surface area contributed by atoms with Gasteiger partial charge in [0.2, 0.25) is 5.95 Å². The van der Waals surface area contributed by atoms with Crippen molar-refractivity contribution in [3.05, 3.63) is 48.2 Å². The van der Waals surface area contributed by atoms with Crippen LogP contribution >= 0.6 is 0 Å². The fourth-order valence-corrected chi connectivity index (χ4v) is 2.65. The SMILES string of the molecule is CCOc1ccc(-c2nc(Nc3cnn(C[C@H](O)CO)c3)ncc2C)cc1F. The van der Waals surface area contributed by atoms with Crippen LogP contribution in [0, 0.1) is 12.7 Å². The van der Waals surface area contributed by atoms with E-state index in [0.29, 0.717) is 29.5 Å². The zero-order valence-electron chi connectivity index (χ0n) is 15.6. The summed E-state index contributed by atoms with van der Waals surface area (Å²) < 4.78 is 20.9. The molecule has 3 aromatic rings. The van der Waals surface area contributed by atoms with Crippen LogP contribution in [0.2, 0.25) is 0 Å². The Kier molecular flexibility index (Phi) is 6.17. The van der Waals surface area contributed by atoms with Crippen LogP contribution in [-0.4, -0.2) is 49.3 Å². The highest BCUT2D eigenvalue weighted by atomic mass is 19.1. The summed E-state index contributed by atoms with van der Waals surface area (Å²) in [6.45, 7) is 3.86. The van der Waals surface area contributed by atoms with E-state index in [9.17, 15) is 9.50 Å². The molecule has 28 heavy (non-hydrogen) atoms. The van der Waals surface area contributed by atoms with E-state index in [4.69, 9.17) is 9.84 Å². The Morgan fingerprint density at radius 3 is 2.86 bits per heavy atom. The van der Waals surface area contributed by atoms with Gasteiger partial charge in [0.25, 0.3) is 0 Å². The topological polar surface area (TPSA) is 105 Å². The number of nitrogens with zero attached hydrogens (tertiary/aromatic N) is 4. The number of aromatic nitrogens is 4. The zero-order chi connectivity index (χ0) is 20.1. The molecule has 2 heterocycles. The van der Waals surface area contributed by atoms with Gasteiger partial charge in [-0.3, -0.25) is 4.68 Å². The first-order valence-electron chi connectivity index (χ1n) is 8.85. The van der Waals surface area contributed by atoms with Gasteiger partial charge in [0.1, 0.15) is 0 Å². The average Bonchev–Trinajstić information content (AvgIpc) is 3.11. The summed E-state index contributed by atoms with van der Waals surface area (Å²) in [6.07, 6.45) is 3.99. The summed E-state index contributed by atoms with van der Waals surface area (Å²) in [5.74, 6) is 0.0847. The number of aliphatic hydroxyl groups is 2. The van der Waals surface area contributed by atoms with Crippen molar-refractivity contribution in [2.75, 3.05) is 18.5 Å². The molecule has 1 aromatic carbocycles. The van der Waals surface area contributed by atoms with Gasteiger partial charge in [0, 0.05) is 18.0 Å². The van der Waals surface area contributed by atoms with Crippen molar-refractivity contribution >= 4 is 11.6 Å². The first-order chi connectivity index (χ1) is 13.5. The van der Waals surface area contributed by atoms with Crippen LogP contribution in [0.5, 0.6) is 5.75 Å². The lowest BCUT2D eigenvalue weighted by molar-refractivity contribution is 0.0783. The van der Waals surface area contributed by atoms with E-state index in [2.05, 4.69) is 20.4 Å². The minimum atomic E-state index is -0.885. The van der Waals surface area contributed by atoms with Gasteiger partial charge in [-0.25, -0.2) is 14.4 Å². The van der Waals surface area contributed by atoms with Crippen molar-refractivity contribution in [3.8, 4) is 17.0 Å². The quantitative estimate of drug-likeness (QED) is 0.545. The van der Waals surface area contributed by atoms with Crippen LogP contribution in [0.15, 0.2) is 36.8 Å². The minimum absolute atomic E-state index is 0.170. The molecule has 0 aliphatic rings. The van der Waals surface area contributed by atoms with Crippen LogP contribution < -0.4 is 10.1 Å². The summed E-state index contributed by atoms with van der Waals surface area (Å²) in [5, 5.41) is 25.5. The molecular formula is C19H22FN5O3. The number of anilines is 2. The third-order valence-electron chi connectivity index (χ3n) is 3.97. The normalized spacial score (nSPS) is 12.0. The molecule has 0 aliphatic heterocycles. The zero-order valence-corrected chi connectivity index (χ0v) is 15.6. The highest BCUT2D eigenvalue weighted by Gasteiger charge is 2.12. The maximum Gasteiger partial charge on any atom is 0.227 e. The van der Waals surface area contributed by atoms with E-state index in [-0.39, 0.29) is 18.9 Å². The molecule has 3 N–H and O–H groups in total. The molecule has 148 valence electrons. The van der Waals surface area contributed by atoms with E-state index < -0.39 is 11.9 Å². The third-order valence-corrected chi connectivity index (χ3v) is 3.97. The van der Waals surface area contributed by atoms with Crippen LogP contribution in [0.3, 0.4) is 0 Å². The lowest BCUT2D eigenvalue weighted by atomic mass is 10.1. The van der Waals surface area contributed by atoms with Crippen molar-refractivity contribution in [1.82, 2.24) is 19.7 Å². The predicted molar refractivity (Wildman–Crippen MR) is 102 cm³/mol. The van der Waals surface area contributed by atoms with Gasteiger partial charge in [0.05, 0.1) is 43.4 Å². The Morgan fingerprint density at radius 2 is 2.14 bits per heavy atom. The highest BCUT2D eigenvalue weighted by Crippen LogP contribution is 2.27. The standard InChI is InChI=1S/C19H22FN5O3/c1-3-28-17-5-4-13(6-16(17)20)18-12(2)7-21-19(24-18)23-14-8-22-25(9-14)10-15(27)11-26/h4-9,15,26-27H,3,10-11H2,1-2H3,(H,21,23,24)/t15-/m0/s1. The van der Waals surface area contributed by atoms with Crippen molar-refractivity contribution < 1.29 is 19.3 Å². The van der Waals surface area contributed by atoms with Crippen LogP contribution in [0.1, 0.15) is 12.5 Å². The van der Waals surface area contributed by atoms with E-state index in [1.54, 1.807) is 37.6 Å². The Labute approximate surface area is 161 Å². The molecule has 0 saturated carbocycles. The van der Waals surface area contributed by atoms with Crippen LogP contribution in [0.4, 0.5) is 16.0 Å². The number of ether oxygens (including phenoxy) is 1. The van der Waals surface area contributed by atoms with Gasteiger partial charge in [-0.1, -0.05) is 0 Å². The van der Waals surface area contributed by atoms with E-state index >= 15 is 0 Å². The first kappa shape index (κ1) is 19.7. The largest absolute Gasteiger partial charge is 0.491 e. The van der Waals surface area contributed by atoms with Gasteiger partial charge in [0.15, 0.2) is 11.6 Å². The highest BCUT2D eigenvalue weighted by molar-refractivity contribution is 5.65. The summed E-state index contributed by atoms with van der Waals surface area (Å²) in [6, 6.07) is 4.72.